The van der Waals surface area contributed by atoms with Gasteiger partial charge in [-0.1, -0.05) is 19.1 Å². The van der Waals surface area contributed by atoms with Crippen molar-refractivity contribution in [3.8, 4) is 23.0 Å². The molecule has 0 aliphatic heterocycles. The van der Waals surface area contributed by atoms with Crippen LogP contribution >= 0.6 is 0 Å². The standard InChI is InChI=1S/C15H16O4/c1-2-11(9-3-5-12(16)14(18)7-9)10-4-6-13(17)15(19)8-10/h3-8,11,16-19H,2H2,1H3. The van der Waals surface area contributed by atoms with Crippen LogP contribution in [0.25, 0.3) is 0 Å². The van der Waals surface area contributed by atoms with E-state index in [-0.39, 0.29) is 28.9 Å². The molecule has 0 aromatic heterocycles. The van der Waals surface area contributed by atoms with Gasteiger partial charge in [-0.2, -0.15) is 0 Å². The SMILES string of the molecule is CCC(c1ccc(O)c(O)c1)c1ccc(O)c(O)c1. The highest BCUT2D eigenvalue weighted by atomic mass is 16.3. The van der Waals surface area contributed by atoms with Gasteiger partial charge in [0.1, 0.15) is 0 Å². The molecule has 0 radical (unpaired) electrons. The molecular formula is C15H16O4. The van der Waals surface area contributed by atoms with Crippen LogP contribution < -0.4 is 0 Å². The fraction of sp³-hybridized carbons (Fsp3) is 0.200. The van der Waals surface area contributed by atoms with E-state index in [0.717, 1.165) is 17.5 Å². The van der Waals surface area contributed by atoms with Crippen LogP contribution in [-0.4, -0.2) is 20.4 Å². The van der Waals surface area contributed by atoms with Crippen molar-refractivity contribution in [2.75, 3.05) is 0 Å². The van der Waals surface area contributed by atoms with Crippen LogP contribution in [0.1, 0.15) is 30.4 Å². The molecule has 0 aliphatic carbocycles. The van der Waals surface area contributed by atoms with Crippen molar-refractivity contribution >= 4 is 0 Å². The average Bonchev–Trinajstić information content (AvgIpc) is 2.39. The zero-order valence-electron chi connectivity index (χ0n) is 10.5. The zero-order chi connectivity index (χ0) is 14.0. The van der Waals surface area contributed by atoms with Gasteiger partial charge in [0.05, 0.1) is 0 Å². The minimum absolute atomic E-state index is 0.0296. The van der Waals surface area contributed by atoms with E-state index in [1.807, 2.05) is 6.92 Å². The molecular weight excluding hydrogens is 244 g/mol. The predicted octanol–water partition coefficient (Wildman–Crippen LogP) is 3.05. The molecule has 0 aliphatic rings. The molecule has 0 spiro atoms. The van der Waals surface area contributed by atoms with Gasteiger partial charge in [-0.25, -0.2) is 0 Å². The maximum absolute atomic E-state index is 9.55. The van der Waals surface area contributed by atoms with E-state index in [4.69, 9.17) is 0 Å². The van der Waals surface area contributed by atoms with Crippen LogP contribution in [0.4, 0.5) is 0 Å². The lowest BCUT2D eigenvalue weighted by molar-refractivity contribution is 0.401. The molecule has 2 aromatic rings. The van der Waals surface area contributed by atoms with Crippen LogP contribution in [-0.2, 0) is 0 Å². The van der Waals surface area contributed by atoms with E-state index >= 15 is 0 Å². The Hall–Kier alpha value is -2.36. The lowest BCUT2D eigenvalue weighted by Gasteiger charge is -2.17. The summed E-state index contributed by atoms with van der Waals surface area (Å²) in [5, 5.41) is 37.8. The van der Waals surface area contributed by atoms with Crippen molar-refractivity contribution in [2.45, 2.75) is 19.3 Å². The van der Waals surface area contributed by atoms with E-state index < -0.39 is 0 Å². The number of aromatic hydroxyl groups is 4. The third-order valence-electron chi connectivity index (χ3n) is 3.21. The number of rotatable bonds is 3. The lowest BCUT2D eigenvalue weighted by atomic mass is 9.89. The number of benzene rings is 2. The summed E-state index contributed by atoms with van der Waals surface area (Å²) in [5.41, 5.74) is 1.67. The molecule has 0 saturated heterocycles. The summed E-state index contributed by atoms with van der Waals surface area (Å²) in [6.45, 7) is 1.98. The van der Waals surface area contributed by atoms with Gasteiger partial charge in [-0.05, 0) is 41.8 Å². The molecule has 2 aromatic carbocycles. The minimum Gasteiger partial charge on any atom is -0.504 e. The molecule has 0 fully saturated rings. The topological polar surface area (TPSA) is 80.9 Å². The molecule has 0 atom stereocenters. The number of hydrogen-bond acceptors (Lipinski definition) is 4. The Kier molecular flexibility index (Phi) is 3.51. The van der Waals surface area contributed by atoms with Crippen LogP contribution in [0.2, 0.25) is 0 Å². The molecule has 0 bridgehead atoms. The number of phenols is 4. The molecule has 0 amide bonds. The zero-order valence-corrected chi connectivity index (χ0v) is 10.5. The van der Waals surface area contributed by atoms with Gasteiger partial charge in [-0.15, -0.1) is 0 Å². The lowest BCUT2D eigenvalue weighted by Crippen LogP contribution is -1.99. The van der Waals surface area contributed by atoms with Crippen LogP contribution in [0.15, 0.2) is 36.4 Å². The number of phenolic OH excluding ortho intramolecular Hbond substituents is 4. The largest absolute Gasteiger partial charge is 0.504 e. The van der Waals surface area contributed by atoms with Gasteiger partial charge < -0.3 is 20.4 Å². The summed E-state index contributed by atoms with van der Waals surface area (Å²) in [4.78, 5) is 0. The van der Waals surface area contributed by atoms with Gasteiger partial charge in [0.2, 0.25) is 0 Å². The van der Waals surface area contributed by atoms with Gasteiger partial charge in [-0.3, -0.25) is 0 Å². The van der Waals surface area contributed by atoms with Gasteiger partial charge in [0.15, 0.2) is 23.0 Å². The summed E-state index contributed by atoms with van der Waals surface area (Å²) < 4.78 is 0. The van der Waals surface area contributed by atoms with Crippen molar-refractivity contribution in [2.24, 2.45) is 0 Å². The molecule has 4 N–H and O–H groups in total. The average molecular weight is 260 g/mol. The summed E-state index contributed by atoms with van der Waals surface area (Å²) in [6, 6.07) is 9.35. The maximum Gasteiger partial charge on any atom is 0.157 e. The third kappa shape index (κ3) is 2.57. The smallest absolute Gasteiger partial charge is 0.157 e. The van der Waals surface area contributed by atoms with Gasteiger partial charge >= 0.3 is 0 Å². The van der Waals surface area contributed by atoms with Crippen molar-refractivity contribution in [3.05, 3.63) is 47.5 Å². The molecule has 4 nitrogen and oxygen atoms in total. The summed E-state index contributed by atoms with van der Waals surface area (Å²) in [6.07, 6.45) is 0.758. The fourth-order valence-electron chi connectivity index (χ4n) is 2.18. The van der Waals surface area contributed by atoms with Crippen molar-refractivity contribution in [1.82, 2.24) is 0 Å². The Labute approximate surface area is 111 Å². The summed E-state index contributed by atoms with van der Waals surface area (Å²) in [7, 11) is 0. The Morgan fingerprint density at radius 1 is 0.737 bits per heavy atom. The quantitative estimate of drug-likeness (QED) is 0.639. The minimum atomic E-state index is -0.168. The van der Waals surface area contributed by atoms with Crippen molar-refractivity contribution in [3.63, 3.8) is 0 Å². The normalized spacial score (nSPS) is 10.8. The first-order valence-electron chi connectivity index (χ1n) is 6.06. The first kappa shape index (κ1) is 13.1. The Morgan fingerprint density at radius 3 is 1.47 bits per heavy atom. The highest BCUT2D eigenvalue weighted by Gasteiger charge is 2.15. The van der Waals surface area contributed by atoms with E-state index in [9.17, 15) is 20.4 Å². The molecule has 0 heterocycles. The van der Waals surface area contributed by atoms with Crippen molar-refractivity contribution < 1.29 is 20.4 Å². The molecule has 19 heavy (non-hydrogen) atoms. The monoisotopic (exact) mass is 260 g/mol. The highest BCUT2D eigenvalue weighted by molar-refractivity contribution is 5.47. The third-order valence-corrected chi connectivity index (χ3v) is 3.21. The second kappa shape index (κ2) is 5.10. The predicted molar refractivity (Wildman–Crippen MR) is 71.7 cm³/mol. The van der Waals surface area contributed by atoms with Crippen molar-refractivity contribution in [1.29, 1.82) is 0 Å². The highest BCUT2D eigenvalue weighted by Crippen LogP contribution is 2.36. The summed E-state index contributed by atoms with van der Waals surface area (Å²) >= 11 is 0. The Bertz CT molecular complexity index is 541. The van der Waals surface area contributed by atoms with Crippen LogP contribution in [0.5, 0.6) is 23.0 Å². The van der Waals surface area contributed by atoms with Gasteiger partial charge in [0, 0.05) is 5.92 Å². The van der Waals surface area contributed by atoms with Gasteiger partial charge in [0.25, 0.3) is 0 Å². The molecule has 4 heteroatoms. The Balaban J connectivity index is 2.43. The van der Waals surface area contributed by atoms with Crippen LogP contribution in [0, 0.1) is 0 Å². The fourth-order valence-corrected chi connectivity index (χ4v) is 2.18. The maximum atomic E-state index is 9.55. The molecule has 2 rings (SSSR count). The summed E-state index contributed by atoms with van der Waals surface area (Å²) in [5.74, 6) is -0.685. The second-order valence-electron chi connectivity index (χ2n) is 4.46. The first-order valence-corrected chi connectivity index (χ1v) is 6.06. The Morgan fingerprint density at radius 2 is 1.16 bits per heavy atom. The molecule has 0 saturated carbocycles. The van der Waals surface area contributed by atoms with E-state index in [2.05, 4.69) is 0 Å². The van der Waals surface area contributed by atoms with E-state index in [1.54, 1.807) is 12.1 Å². The molecule has 0 unspecified atom stereocenters. The van der Waals surface area contributed by atoms with E-state index in [0.29, 0.717) is 0 Å². The van der Waals surface area contributed by atoms with E-state index in [1.165, 1.54) is 24.3 Å². The van der Waals surface area contributed by atoms with Crippen LogP contribution in [0.3, 0.4) is 0 Å². The first-order chi connectivity index (χ1) is 9.02. The second-order valence-corrected chi connectivity index (χ2v) is 4.46. The number of hydrogen-bond donors (Lipinski definition) is 4. The molecule has 100 valence electrons.